The molecule has 0 radical (unpaired) electrons. The van der Waals surface area contributed by atoms with Crippen LogP contribution in [0.4, 0.5) is 22.0 Å². The Balaban J connectivity index is 1.64. The molecule has 0 saturated carbocycles. The number of nitrogens with one attached hydrogen (secondary N) is 1. The van der Waals surface area contributed by atoms with Crippen molar-refractivity contribution in [1.82, 2.24) is 14.9 Å². The van der Waals surface area contributed by atoms with E-state index in [1.165, 1.54) is 18.1 Å². The van der Waals surface area contributed by atoms with E-state index in [0.29, 0.717) is 31.0 Å². The van der Waals surface area contributed by atoms with Crippen molar-refractivity contribution in [1.29, 1.82) is 0 Å². The Morgan fingerprint density at radius 2 is 2.06 bits per heavy atom. The Morgan fingerprint density at radius 1 is 1.23 bits per heavy atom. The second-order valence-electron chi connectivity index (χ2n) is 8.34. The topological polar surface area (TPSA) is 29.9 Å². The Labute approximate surface area is 178 Å². The number of benzene rings is 1. The lowest BCUT2D eigenvalue weighted by Gasteiger charge is -2.26. The summed E-state index contributed by atoms with van der Waals surface area (Å²) in [6, 6.07) is 2.89. The minimum atomic E-state index is -4.79. The maximum Gasteiger partial charge on any atom is 0.419 e. The van der Waals surface area contributed by atoms with Crippen LogP contribution in [0.2, 0.25) is 0 Å². The average molecular weight is 439 g/mol. The third kappa shape index (κ3) is 5.00. The predicted molar refractivity (Wildman–Crippen MR) is 109 cm³/mol. The first-order valence-electron chi connectivity index (χ1n) is 10.8. The van der Waals surface area contributed by atoms with Gasteiger partial charge in [0.05, 0.1) is 17.2 Å². The molecule has 1 fully saturated rings. The molecule has 1 aromatic carbocycles. The zero-order chi connectivity index (χ0) is 22.0. The highest BCUT2D eigenvalue weighted by molar-refractivity contribution is 5.60. The summed E-state index contributed by atoms with van der Waals surface area (Å²) in [5, 5.41) is 3.02. The van der Waals surface area contributed by atoms with Gasteiger partial charge in [-0.05, 0) is 63.3 Å². The largest absolute Gasteiger partial charge is 0.419 e. The third-order valence-electron chi connectivity index (χ3n) is 6.15. The zero-order valence-corrected chi connectivity index (χ0v) is 17.2. The second kappa shape index (κ2) is 9.10. The first-order chi connectivity index (χ1) is 14.8. The number of imidazole rings is 1. The van der Waals surface area contributed by atoms with E-state index in [-0.39, 0.29) is 12.1 Å². The number of alkyl halides is 4. The van der Waals surface area contributed by atoms with Crippen LogP contribution in [0.3, 0.4) is 0 Å². The van der Waals surface area contributed by atoms with Crippen molar-refractivity contribution in [2.24, 2.45) is 0 Å². The summed E-state index contributed by atoms with van der Waals surface area (Å²) in [6.45, 7) is 1.51. The molecule has 31 heavy (non-hydrogen) atoms. The van der Waals surface area contributed by atoms with Gasteiger partial charge in [0, 0.05) is 24.8 Å². The van der Waals surface area contributed by atoms with Gasteiger partial charge in [-0.25, -0.2) is 13.8 Å². The minimum Gasteiger partial charge on any atom is -0.334 e. The van der Waals surface area contributed by atoms with E-state index in [1.54, 1.807) is 6.20 Å². The Morgan fingerprint density at radius 3 is 2.77 bits per heavy atom. The summed E-state index contributed by atoms with van der Waals surface area (Å²) in [5.74, 6) is -1.17. The number of hydrogen-bond donors (Lipinski definition) is 1. The molecule has 8 heteroatoms. The summed E-state index contributed by atoms with van der Waals surface area (Å²) < 4.78 is 69.7. The monoisotopic (exact) mass is 439 g/mol. The van der Waals surface area contributed by atoms with Crippen LogP contribution in [0.5, 0.6) is 0 Å². The van der Waals surface area contributed by atoms with Crippen molar-refractivity contribution in [3.63, 3.8) is 0 Å². The van der Waals surface area contributed by atoms with Gasteiger partial charge < -0.3 is 9.88 Å². The number of rotatable bonds is 6. The lowest BCUT2D eigenvalue weighted by atomic mass is 9.95. The third-order valence-corrected chi connectivity index (χ3v) is 6.15. The van der Waals surface area contributed by atoms with Gasteiger partial charge in [-0.1, -0.05) is 11.6 Å². The van der Waals surface area contributed by atoms with Crippen LogP contribution in [0.1, 0.15) is 55.8 Å². The van der Waals surface area contributed by atoms with Crippen molar-refractivity contribution < 1.29 is 22.0 Å². The van der Waals surface area contributed by atoms with E-state index in [2.05, 4.69) is 16.4 Å². The molecule has 2 heterocycles. The zero-order valence-electron chi connectivity index (χ0n) is 17.2. The molecule has 4 rings (SSSR count). The van der Waals surface area contributed by atoms with Gasteiger partial charge in [-0.2, -0.15) is 13.2 Å². The van der Waals surface area contributed by atoms with Crippen molar-refractivity contribution >= 4 is 0 Å². The van der Waals surface area contributed by atoms with E-state index in [9.17, 15) is 22.0 Å². The van der Waals surface area contributed by atoms with Gasteiger partial charge in [0.2, 0.25) is 0 Å². The molecule has 0 amide bonds. The number of aryl methyl sites for hydroxylation is 1. The molecule has 2 unspecified atom stereocenters. The first kappa shape index (κ1) is 22.0. The Bertz CT molecular complexity index is 947. The summed E-state index contributed by atoms with van der Waals surface area (Å²) in [4.78, 5) is 4.55. The number of allylic oxidation sites excluding steroid dienone is 2. The molecule has 1 aromatic heterocycles. The molecule has 1 aliphatic heterocycles. The molecule has 1 saturated heterocycles. The highest BCUT2D eigenvalue weighted by Gasteiger charge is 2.35. The maximum absolute atomic E-state index is 14.6. The first-order valence-corrected chi connectivity index (χ1v) is 10.8. The lowest BCUT2D eigenvalue weighted by Crippen LogP contribution is -2.37. The molecule has 1 N–H and O–H groups in total. The molecular formula is C23H26F5N3. The molecule has 0 spiro atoms. The number of hydrogen-bond acceptors (Lipinski definition) is 2. The molecule has 0 bridgehead atoms. The van der Waals surface area contributed by atoms with Gasteiger partial charge in [0.15, 0.2) is 0 Å². The average Bonchev–Trinajstić information content (AvgIpc) is 3.38. The van der Waals surface area contributed by atoms with Gasteiger partial charge in [-0.15, -0.1) is 0 Å². The fourth-order valence-electron chi connectivity index (χ4n) is 4.50. The molecule has 3 nitrogen and oxygen atoms in total. The van der Waals surface area contributed by atoms with Gasteiger partial charge in [-0.3, -0.25) is 0 Å². The van der Waals surface area contributed by atoms with Crippen molar-refractivity contribution in [2.75, 3.05) is 13.1 Å². The van der Waals surface area contributed by atoms with E-state index < -0.39 is 29.6 Å². The smallest absolute Gasteiger partial charge is 0.334 e. The molecule has 2 aromatic rings. The van der Waals surface area contributed by atoms with Crippen molar-refractivity contribution in [3.8, 4) is 11.3 Å². The molecular weight excluding hydrogens is 413 g/mol. The summed E-state index contributed by atoms with van der Waals surface area (Å²) in [5.41, 5.74) is 0.600. The predicted octanol–water partition coefficient (Wildman–Crippen LogP) is 6.01. The van der Waals surface area contributed by atoms with Crippen LogP contribution in [0.15, 0.2) is 36.0 Å². The van der Waals surface area contributed by atoms with Crippen molar-refractivity contribution in [2.45, 2.75) is 63.3 Å². The lowest BCUT2D eigenvalue weighted by molar-refractivity contribution is -0.139. The molecule has 2 atom stereocenters. The van der Waals surface area contributed by atoms with Crippen LogP contribution in [0, 0.1) is 5.82 Å². The van der Waals surface area contributed by atoms with Crippen LogP contribution in [-0.4, -0.2) is 28.8 Å². The van der Waals surface area contributed by atoms with E-state index in [4.69, 9.17) is 0 Å². The van der Waals surface area contributed by atoms with Crippen LogP contribution < -0.4 is 5.32 Å². The summed E-state index contributed by atoms with van der Waals surface area (Å²) in [6.07, 6.45) is 3.82. The fraction of sp³-hybridized carbons (Fsp3) is 0.522. The standard InChI is InChI=1S/C23H26F5N3/c24-19-8-7-16(12-18(19)23(26,27)28)21-14-31(11-3-6-15-4-1-2-5-15)22(30-21)17-9-10-29-13-20(17)25/h4,7-8,12,14,17,20,29H,1-3,5-6,9-11,13H2. The highest BCUT2D eigenvalue weighted by atomic mass is 19.4. The van der Waals surface area contributed by atoms with Crippen LogP contribution in [-0.2, 0) is 12.7 Å². The molecule has 1 aliphatic carbocycles. The minimum absolute atomic E-state index is 0.177. The molecule has 2 aliphatic rings. The highest BCUT2D eigenvalue weighted by Crippen LogP contribution is 2.35. The molecule has 168 valence electrons. The second-order valence-corrected chi connectivity index (χ2v) is 8.34. The quantitative estimate of drug-likeness (QED) is 0.441. The van der Waals surface area contributed by atoms with Crippen LogP contribution in [0.25, 0.3) is 11.3 Å². The van der Waals surface area contributed by atoms with E-state index >= 15 is 0 Å². The Hall–Kier alpha value is -2.22. The van der Waals surface area contributed by atoms with E-state index in [1.807, 2.05) is 4.57 Å². The fourth-order valence-corrected chi connectivity index (χ4v) is 4.50. The van der Waals surface area contributed by atoms with Gasteiger partial charge in [0.1, 0.15) is 17.8 Å². The normalized spacial score (nSPS) is 22.0. The maximum atomic E-state index is 14.6. The summed E-state index contributed by atoms with van der Waals surface area (Å²) >= 11 is 0. The van der Waals surface area contributed by atoms with Gasteiger partial charge >= 0.3 is 6.18 Å². The number of halogens is 5. The summed E-state index contributed by atoms with van der Waals surface area (Å²) in [7, 11) is 0. The van der Waals surface area contributed by atoms with Crippen LogP contribution >= 0.6 is 0 Å². The van der Waals surface area contributed by atoms with E-state index in [0.717, 1.165) is 37.8 Å². The Kier molecular flexibility index (Phi) is 6.46. The van der Waals surface area contributed by atoms with Gasteiger partial charge in [0.25, 0.3) is 0 Å². The number of piperidine rings is 1. The SMILES string of the molecule is Fc1ccc(-c2cn(CCCC3=CCCC3)c(C3CCNCC3F)n2)cc1C(F)(F)F. The number of nitrogens with zero attached hydrogens (tertiary/aromatic N) is 2. The van der Waals surface area contributed by atoms with Crippen molar-refractivity contribution in [3.05, 3.63) is 53.3 Å². The number of aromatic nitrogens is 2.